The van der Waals surface area contributed by atoms with Crippen molar-refractivity contribution in [2.24, 2.45) is 0 Å². The maximum atomic E-state index is 11.3. The Morgan fingerprint density at radius 3 is 2.50 bits per heavy atom. The molecule has 0 aliphatic carbocycles. The van der Waals surface area contributed by atoms with Crippen LogP contribution in [-0.2, 0) is 9.47 Å². The van der Waals surface area contributed by atoms with Crippen molar-refractivity contribution in [3.63, 3.8) is 0 Å². The second-order valence-electron chi connectivity index (χ2n) is 7.02. The number of benzene rings is 2. The molecule has 30 heavy (non-hydrogen) atoms. The molecule has 0 saturated carbocycles. The highest BCUT2D eigenvalue weighted by Gasteiger charge is 2.52. The van der Waals surface area contributed by atoms with E-state index in [4.69, 9.17) is 18.9 Å². The molecule has 2 aromatic rings. The van der Waals surface area contributed by atoms with E-state index in [0.717, 1.165) is 0 Å². The third-order valence-corrected chi connectivity index (χ3v) is 5.18. The van der Waals surface area contributed by atoms with Crippen LogP contribution in [0.2, 0.25) is 0 Å². The first-order chi connectivity index (χ1) is 14.2. The maximum absolute atomic E-state index is 11.3. The van der Waals surface area contributed by atoms with Crippen molar-refractivity contribution in [1.82, 2.24) is 0 Å². The fraction of sp³-hybridized carbons (Fsp3) is 0.400. The molecule has 0 radical (unpaired) electrons. The number of nitro benzene ring substituents is 1. The second-order valence-corrected chi connectivity index (χ2v) is 7.02. The lowest BCUT2D eigenvalue weighted by Crippen LogP contribution is -2.60. The zero-order chi connectivity index (χ0) is 22.1. The Morgan fingerprint density at radius 2 is 1.90 bits per heavy atom. The molecule has 0 amide bonds. The van der Waals surface area contributed by atoms with Gasteiger partial charge in [0.05, 0.1) is 23.8 Å². The van der Waals surface area contributed by atoms with E-state index in [-0.39, 0.29) is 17.1 Å². The Labute approximate surface area is 173 Å². The van der Waals surface area contributed by atoms with E-state index in [1.807, 2.05) is 0 Å². The molecule has 0 spiro atoms. The van der Waals surface area contributed by atoms with Crippen molar-refractivity contribution in [3.8, 4) is 17.2 Å². The summed E-state index contributed by atoms with van der Waals surface area (Å²) in [6, 6.07) is 7.76. The number of anilines is 1. The van der Waals surface area contributed by atoms with Crippen LogP contribution in [0.15, 0.2) is 36.4 Å². The highest BCUT2D eigenvalue weighted by molar-refractivity contribution is 5.62. The van der Waals surface area contributed by atoms with Gasteiger partial charge in [-0.1, -0.05) is 0 Å². The van der Waals surface area contributed by atoms with Crippen molar-refractivity contribution >= 4 is 11.4 Å². The molecule has 3 N–H and O–H groups in total. The van der Waals surface area contributed by atoms with Crippen molar-refractivity contribution in [3.05, 3.63) is 52.1 Å². The third kappa shape index (κ3) is 3.72. The summed E-state index contributed by atoms with van der Waals surface area (Å²) >= 11 is 0. The molecule has 0 saturated heterocycles. The normalized spacial score (nSPS) is 22.9. The fourth-order valence-corrected chi connectivity index (χ4v) is 3.62. The minimum Gasteiger partial charge on any atom is -0.506 e. The molecule has 0 fully saturated rings. The van der Waals surface area contributed by atoms with Crippen LogP contribution in [0.4, 0.5) is 11.4 Å². The Morgan fingerprint density at radius 1 is 1.20 bits per heavy atom. The van der Waals surface area contributed by atoms with Crippen LogP contribution >= 0.6 is 0 Å². The average Bonchev–Trinajstić information content (AvgIpc) is 2.73. The molecule has 0 aromatic heterocycles. The summed E-state index contributed by atoms with van der Waals surface area (Å²) in [6.45, 7) is 1.61. The topological polar surface area (TPSA) is 133 Å². The maximum Gasteiger partial charge on any atom is 0.270 e. The molecule has 1 heterocycles. The number of fused-ring (bicyclic) bond motifs is 1. The number of hydrogen-bond donors (Lipinski definition) is 3. The number of nitro groups is 1. The van der Waals surface area contributed by atoms with Gasteiger partial charge in [0.15, 0.2) is 11.9 Å². The number of hydrogen-bond acceptors (Lipinski definition) is 9. The number of phenolic OH excluding ortho intramolecular Hbond substituents is 1. The van der Waals surface area contributed by atoms with Gasteiger partial charge >= 0.3 is 0 Å². The second kappa shape index (κ2) is 8.34. The first-order valence-electron chi connectivity index (χ1n) is 9.09. The zero-order valence-electron chi connectivity index (χ0n) is 17.0. The van der Waals surface area contributed by atoms with Crippen molar-refractivity contribution in [1.29, 1.82) is 0 Å². The van der Waals surface area contributed by atoms with Gasteiger partial charge in [-0.2, -0.15) is 0 Å². The first-order valence-corrected chi connectivity index (χ1v) is 9.09. The Hall–Kier alpha value is -3.08. The summed E-state index contributed by atoms with van der Waals surface area (Å²) in [6.07, 6.45) is -2.22. The Kier molecular flexibility index (Phi) is 6.01. The van der Waals surface area contributed by atoms with E-state index in [1.165, 1.54) is 45.6 Å². The number of aliphatic hydroxyl groups is 1. The molecule has 1 aliphatic rings. The van der Waals surface area contributed by atoms with E-state index in [1.54, 1.807) is 19.1 Å². The molecule has 3 atom stereocenters. The van der Waals surface area contributed by atoms with Gasteiger partial charge in [0.25, 0.3) is 5.69 Å². The number of aliphatic hydroxyl groups excluding tert-OH is 1. The van der Waals surface area contributed by atoms with Gasteiger partial charge in [-0.15, -0.1) is 0 Å². The monoisotopic (exact) mass is 420 g/mol. The molecule has 10 heteroatoms. The van der Waals surface area contributed by atoms with Crippen LogP contribution in [-0.4, -0.2) is 54.5 Å². The molecule has 3 rings (SSSR count). The Balaban J connectivity index is 2.13. The van der Waals surface area contributed by atoms with Crippen LogP contribution in [0, 0.1) is 10.1 Å². The van der Waals surface area contributed by atoms with E-state index in [9.17, 15) is 20.3 Å². The summed E-state index contributed by atoms with van der Waals surface area (Å²) in [7, 11) is 4.31. The van der Waals surface area contributed by atoms with Crippen molar-refractivity contribution < 1.29 is 34.1 Å². The summed E-state index contributed by atoms with van der Waals surface area (Å²) in [4.78, 5) is 10.8. The number of phenols is 1. The van der Waals surface area contributed by atoms with E-state index in [0.29, 0.717) is 17.1 Å². The van der Waals surface area contributed by atoms with E-state index in [2.05, 4.69) is 5.32 Å². The molecular formula is C20H24N2O8. The zero-order valence-corrected chi connectivity index (χ0v) is 17.0. The molecule has 1 aliphatic heterocycles. The Bertz CT molecular complexity index is 933. The van der Waals surface area contributed by atoms with Crippen LogP contribution in [0.25, 0.3) is 0 Å². The predicted molar refractivity (Wildman–Crippen MR) is 107 cm³/mol. The number of methoxy groups -OCH3 is 3. The quantitative estimate of drug-likeness (QED) is 0.267. The fourth-order valence-electron chi connectivity index (χ4n) is 3.62. The number of nitrogens with one attached hydrogen (secondary N) is 1. The third-order valence-electron chi connectivity index (χ3n) is 5.18. The van der Waals surface area contributed by atoms with Gasteiger partial charge in [-0.05, 0) is 25.1 Å². The van der Waals surface area contributed by atoms with Gasteiger partial charge < -0.3 is 34.5 Å². The summed E-state index contributed by atoms with van der Waals surface area (Å²) in [5, 5.41) is 35.9. The van der Waals surface area contributed by atoms with Crippen molar-refractivity contribution in [2.45, 2.75) is 31.0 Å². The summed E-state index contributed by atoms with van der Waals surface area (Å²) in [5.41, 5.74) is -0.905. The standard InChI is InChI=1S/C20H24N2O8/c1-20(19(28-3)29-4)18(24)17(21-14-10-12(27-2)6-7-15(14)23)13-9-11(22(25)26)5-8-16(13)30-20/h5-10,17-19,21,23-24H,1-4H3/t17-,18+,20+/m0/s1. The van der Waals surface area contributed by atoms with Gasteiger partial charge in [0.2, 0.25) is 0 Å². The lowest BCUT2D eigenvalue weighted by atomic mass is 9.84. The van der Waals surface area contributed by atoms with Gasteiger partial charge in [0, 0.05) is 38.0 Å². The number of nitrogens with zero attached hydrogens (tertiary/aromatic N) is 1. The largest absolute Gasteiger partial charge is 0.506 e. The highest BCUT2D eigenvalue weighted by atomic mass is 16.7. The molecule has 0 unspecified atom stereocenters. The van der Waals surface area contributed by atoms with E-state index >= 15 is 0 Å². The molecule has 10 nitrogen and oxygen atoms in total. The first kappa shape index (κ1) is 21.6. The molecular weight excluding hydrogens is 396 g/mol. The number of aromatic hydroxyl groups is 1. The number of ether oxygens (including phenoxy) is 4. The minimum absolute atomic E-state index is 0.0850. The molecule has 162 valence electrons. The van der Waals surface area contributed by atoms with Gasteiger partial charge in [-0.3, -0.25) is 10.1 Å². The van der Waals surface area contributed by atoms with Crippen molar-refractivity contribution in [2.75, 3.05) is 26.6 Å². The summed E-state index contributed by atoms with van der Waals surface area (Å²) in [5.74, 6) is 0.705. The number of rotatable bonds is 7. The molecule has 0 bridgehead atoms. The molecule has 2 aromatic carbocycles. The number of non-ortho nitro benzene ring substituents is 1. The predicted octanol–water partition coefficient (Wildman–Crippen LogP) is 2.59. The van der Waals surface area contributed by atoms with Crippen LogP contribution in [0.5, 0.6) is 17.2 Å². The van der Waals surface area contributed by atoms with Crippen LogP contribution < -0.4 is 14.8 Å². The van der Waals surface area contributed by atoms with Gasteiger partial charge in [-0.25, -0.2) is 0 Å². The van der Waals surface area contributed by atoms with Crippen LogP contribution in [0.1, 0.15) is 18.5 Å². The lowest BCUT2D eigenvalue weighted by Gasteiger charge is -2.46. The van der Waals surface area contributed by atoms with E-state index < -0.39 is 29.0 Å². The average molecular weight is 420 g/mol. The smallest absolute Gasteiger partial charge is 0.270 e. The van der Waals surface area contributed by atoms with Crippen LogP contribution in [0.3, 0.4) is 0 Å². The highest BCUT2D eigenvalue weighted by Crippen LogP contribution is 2.45. The minimum atomic E-state index is -1.36. The lowest BCUT2D eigenvalue weighted by molar-refractivity contribution is -0.385. The summed E-state index contributed by atoms with van der Waals surface area (Å²) < 4.78 is 21.9. The SMILES string of the molecule is COc1ccc(O)c(N[C@H]2c3cc([N+](=O)[O-])ccc3O[C@@](C)(C(OC)OC)[C@@H]2O)c1. The van der Waals surface area contributed by atoms with Gasteiger partial charge in [0.1, 0.15) is 23.4 Å².